The number of halogens is 1. The Bertz CT molecular complexity index is 999. The van der Waals surface area contributed by atoms with Gasteiger partial charge in [0.2, 0.25) is 0 Å². The van der Waals surface area contributed by atoms with Gasteiger partial charge in [0.1, 0.15) is 22.8 Å². The molecule has 0 saturated heterocycles. The van der Waals surface area contributed by atoms with Gasteiger partial charge in [-0.05, 0) is 41.5 Å². The van der Waals surface area contributed by atoms with E-state index in [-0.39, 0.29) is 5.82 Å². The molecular weight excluding hydrogens is 331 g/mol. The molecule has 1 aliphatic heterocycles. The van der Waals surface area contributed by atoms with Crippen LogP contribution in [0.25, 0.3) is 22.0 Å². The summed E-state index contributed by atoms with van der Waals surface area (Å²) in [5.74, 6) is -0.796. The van der Waals surface area contributed by atoms with Gasteiger partial charge in [-0.3, -0.25) is 0 Å². The van der Waals surface area contributed by atoms with E-state index < -0.39 is 23.0 Å². The molecule has 1 aliphatic rings. The number of hydrogen-bond acceptors (Lipinski definition) is 3. The zero-order valence-corrected chi connectivity index (χ0v) is 13.4. The van der Waals surface area contributed by atoms with Gasteiger partial charge in [-0.2, -0.15) is 0 Å². The summed E-state index contributed by atoms with van der Waals surface area (Å²) in [5.41, 5.74) is 3.06. The van der Waals surface area contributed by atoms with Crippen LogP contribution >= 0.6 is 0 Å². The van der Waals surface area contributed by atoms with E-state index >= 15 is 0 Å². The lowest BCUT2D eigenvalue weighted by molar-refractivity contribution is -0.142. The topological polar surface area (TPSA) is 71.2 Å². The Kier molecular flexibility index (Phi) is 3.47. The second-order valence-corrected chi connectivity index (χ2v) is 6.70. The van der Waals surface area contributed by atoms with E-state index in [9.17, 15) is 13.4 Å². The summed E-state index contributed by atoms with van der Waals surface area (Å²) in [5, 5.41) is 0.873. The lowest BCUT2D eigenvalue weighted by atomic mass is 9.99. The molecule has 0 radical (unpaired) electrons. The second-order valence-electron chi connectivity index (χ2n) is 5.49. The number of aromatic amines is 1. The van der Waals surface area contributed by atoms with Crippen molar-refractivity contribution in [3.63, 3.8) is 0 Å². The molecule has 0 fully saturated rings. The molecule has 5 nitrogen and oxygen atoms in total. The van der Waals surface area contributed by atoms with Gasteiger partial charge in [0, 0.05) is 22.7 Å². The van der Waals surface area contributed by atoms with Crippen molar-refractivity contribution in [1.29, 1.82) is 0 Å². The minimum absolute atomic E-state index is 0.310. The average Bonchev–Trinajstić information content (AvgIpc) is 3.15. The first kappa shape index (κ1) is 15.0. The summed E-state index contributed by atoms with van der Waals surface area (Å²) in [6.07, 6.45) is 1.79. The summed E-state index contributed by atoms with van der Waals surface area (Å²) < 4.78 is 32.9. The number of carbonyl (C=O) groups excluding carboxylic acids is 1. The third-order valence-corrected chi connectivity index (χ3v) is 5.36. The first-order chi connectivity index (χ1) is 11.6. The van der Waals surface area contributed by atoms with Crippen LogP contribution in [0.2, 0.25) is 0 Å². The fourth-order valence-electron chi connectivity index (χ4n) is 2.97. The number of fused-ring (bicyclic) bond motifs is 2. The van der Waals surface area contributed by atoms with Crippen molar-refractivity contribution >= 4 is 27.9 Å². The minimum atomic E-state index is -1.44. The Morgan fingerprint density at radius 3 is 2.88 bits per heavy atom. The molecule has 0 saturated carbocycles. The lowest BCUT2D eigenvalue weighted by Gasteiger charge is -2.09. The maximum absolute atomic E-state index is 13.3. The Morgan fingerprint density at radius 1 is 1.25 bits per heavy atom. The number of ether oxygens (including phenoxy) is 1. The summed E-state index contributed by atoms with van der Waals surface area (Å²) in [7, 11) is -0.149. The first-order valence-corrected chi connectivity index (χ1v) is 8.40. The SMILES string of the molecule is COC(=O)C1NS(=O)c2ccc(-c3c[nH]c4cc(F)ccc34)cc21. The lowest BCUT2D eigenvalue weighted by Crippen LogP contribution is -2.24. The molecular formula is C17H13FN2O3S. The molecule has 4 rings (SSSR count). The number of methoxy groups -OCH3 is 1. The number of carbonyl (C=O) groups is 1. The smallest absolute Gasteiger partial charge is 0.328 e. The largest absolute Gasteiger partial charge is 0.468 e. The number of nitrogens with one attached hydrogen (secondary N) is 2. The molecule has 2 aromatic carbocycles. The van der Waals surface area contributed by atoms with Crippen LogP contribution in [0.5, 0.6) is 0 Å². The Labute approximate surface area is 139 Å². The van der Waals surface area contributed by atoms with Crippen LogP contribution in [0, 0.1) is 5.82 Å². The van der Waals surface area contributed by atoms with Gasteiger partial charge in [-0.1, -0.05) is 6.07 Å². The van der Waals surface area contributed by atoms with Crippen LogP contribution in [0.3, 0.4) is 0 Å². The first-order valence-electron chi connectivity index (χ1n) is 7.25. The van der Waals surface area contributed by atoms with Crippen LogP contribution in [-0.2, 0) is 20.5 Å². The zero-order valence-electron chi connectivity index (χ0n) is 12.6. The van der Waals surface area contributed by atoms with E-state index in [1.54, 1.807) is 18.3 Å². The number of hydrogen-bond donors (Lipinski definition) is 2. The number of rotatable bonds is 2. The molecule has 0 spiro atoms. The van der Waals surface area contributed by atoms with E-state index in [0.29, 0.717) is 16.0 Å². The normalized spacial score (nSPS) is 19.4. The van der Waals surface area contributed by atoms with Crippen molar-refractivity contribution in [3.05, 3.63) is 54.0 Å². The summed E-state index contributed by atoms with van der Waals surface area (Å²) in [6.45, 7) is 0. The van der Waals surface area contributed by atoms with Crippen LogP contribution in [0.15, 0.2) is 47.5 Å². The highest BCUT2D eigenvalue weighted by atomic mass is 32.2. The fourth-order valence-corrected chi connectivity index (χ4v) is 4.12. The molecule has 2 atom stereocenters. The number of benzene rings is 2. The Hall–Kier alpha value is -2.51. The third kappa shape index (κ3) is 2.24. The highest BCUT2D eigenvalue weighted by Crippen LogP contribution is 2.35. The van der Waals surface area contributed by atoms with E-state index in [2.05, 4.69) is 9.71 Å². The maximum Gasteiger partial charge on any atom is 0.328 e. The molecule has 0 bridgehead atoms. The molecule has 122 valence electrons. The summed E-state index contributed by atoms with van der Waals surface area (Å²) >= 11 is 0. The highest BCUT2D eigenvalue weighted by Gasteiger charge is 2.34. The molecule has 2 N–H and O–H groups in total. The zero-order chi connectivity index (χ0) is 16.8. The third-order valence-electron chi connectivity index (χ3n) is 4.14. The van der Waals surface area contributed by atoms with Crippen molar-refractivity contribution in [1.82, 2.24) is 9.71 Å². The van der Waals surface area contributed by atoms with Crippen LogP contribution in [0.4, 0.5) is 4.39 Å². The predicted octanol–water partition coefficient (Wildman–Crippen LogP) is 2.81. The van der Waals surface area contributed by atoms with Gasteiger partial charge in [0.05, 0.1) is 12.0 Å². The van der Waals surface area contributed by atoms with Gasteiger partial charge in [0.15, 0.2) is 0 Å². The molecule has 24 heavy (non-hydrogen) atoms. The molecule has 0 aliphatic carbocycles. The minimum Gasteiger partial charge on any atom is -0.468 e. The molecule has 7 heteroatoms. The van der Waals surface area contributed by atoms with Crippen molar-refractivity contribution in [2.24, 2.45) is 0 Å². The Morgan fingerprint density at radius 2 is 2.08 bits per heavy atom. The van der Waals surface area contributed by atoms with E-state index in [1.807, 2.05) is 12.1 Å². The quantitative estimate of drug-likeness (QED) is 0.702. The Balaban J connectivity index is 1.86. The fraction of sp³-hybridized carbons (Fsp3) is 0.118. The monoisotopic (exact) mass is 344 g/mol. The van der Waals surface area contributed by atoms with Crippen LogP contribution in [0.1, 0.15) is 11.6 Å². The van der Waals surface area contributed by atoms with Gasteiger partial charge >= 0.3 is 5.97 Å². The molecule has 2 heterocycles. The van der Waals surface area contributed by atoms with E-state index in [4.69, 9.17) is 4.74 Å². The van der Waals surface area contributed by atoms with Crippen molar-refractivity contribution in [2.75, 3.05) is 7.11 Å². The molecule has 2 unspecified atom stereocenters. The number of esters is 1. The van der Waals surface area contributed by atoms with Crippen molar-refractivity contribution in [2.45, 2.75) is 10.9 Å². The van der Waals surface area contributed by atoms with E-state index in [0.717, 1.165) is 16.5 Å². The predicted molar refractivity (Wildman–Crippen MR) is 88.0 cm³/mol. The molecule has 0 amide bonds. The summed E-state index contributed by atoms with van der Waals surface area (Å²) in [4.78, 5) is 15.5. The van der Waals surface area contributed by atoms with Gasteiger partial charge in [-0.15, -0.1) is 0 Å². The highest BCUT2D eigenvalue weighted by molar-refractivity contribution is 7.83. The molecule has 3 aromatic rings. The van der Waals surface area contributed by atoms with E-state index in [1.165, 1.54) is 19.2 Å². The second kappa shape index (κ2) is 5.54. The maximum atomic E-state index is 13.3. The summed E-state index contributed by atoms with van der Waals surface area (Å²) in [6, 6.07) is 9.18. The number of aromatic nitrogens is 1. The van der Waals surface area contributed by atoms with Gasteiger partial charge in [-0.25, -0.2) is 18.1 Å². The van der Waals surface area contributed by atoms with Crippen molar-refractivity contribution < 1.29 is 18.1 Å². The standard InChI is InChI=1S/C17H13FN2O3S/c1-23-17(21)16-12-6-9(2-5-15(12)24(22)20-16)13-8-19-14-7-10(18)3-4-11(13)14/h2-8,16,19-20H,1H3. The van der Waals surface area contributed by atoms with Gasteiger partial charge < -0.3 is 9.72 Å². The average molecular weight is 344 g/mol. The number of H-pyrrole nitrogens is 1. The van der Waals surface area contributed by atoms with Crippen LogP contribution < -0.4 is 4.72 Å². The van der Waals surface area contributed by atoms with Gasteiger partial charge in [0.25, 0.3) is 0 Å². The van der Waals surface area contributed by atoms with Crippen LogP contribution in [-0.4, -0.2) is 22.3 Å². The molecule has 1 aromatic heterocycles. The van der Waals surface area contributed by atoms with Crippen molar-refractivity contribution in [3.8, 4) is 11.1 Å².